The smallest absolute Gasteiger partial charge is 0.260 e. The van der Waals surface area contributed by atoms with Gasteiger partial charge in [-0.15, -0.1) is 0 Å². The molecule has 118 valence electrons. The van der Waals surface area contributed by atoms with E-state index in [0.717, 1.165) is 15.4 Å². The fraction of sp³-hybridized carbons (Fsp3) is 0.286. The summed E-state index contributed by atoms with van der Waals surface area (Å²) in [6.07, 6.45) is 2.48. The van der Waals surface area contributed by atoms with Gasteiger partial charge in [0.1, 0.15) is 0 Å². The quantitative estimate of drug-likeness (QED) is 0.867. The summed E-state index contributed by atoms with van der Waals surface area (Å²) in [6.45, 7) is 3.51. The lowest BCUT2D eigenvalue weighted by Gasteiger charge is -2.16. The van der Waals surface area contributed by atoms with E-state index in [1.54, 1.807) is 0 Å². The van der Waals surface area contributed by atoms with Gasteiger partial charge in [0.05, 0.1) is 19.1 Å². The zero-order valence-electron chi connectivity index (χ0n) is 12.6. The molecule has 1 aromatic carbocycles. The Morgan fingerprint density at radius 1 is 1.36 bits per heavy atom. The first kappa shape index (κ1) is 16.2. The van der Waals surface area contributed by atoms with E-state index in [-0.39, 0.29) is 11.6 Å². The van der Waals surface area contributed by atoms with Crippen LogP contribution in [-0.4, -0.2) is 42.2 Å². The fourth-order valence-electron chi connectivity index (χ4n) is 1.90. The molecule has 0 radical (unpaired) electrons. The van der Waals surface area contributed by atoms with Crippen LogP contribution in [0.15, 0.2) is 35.7 Å². The minimum atomic E-state index is -3.75. The van der Waals surface area contributed by atoms with Crippen LogP contribution in [0.25, 0.3) is 0 Å². The zero-order valence-corrected chi connectivity index (χ0v) is 13.4. The molecule has 0 saturated heterocycles. The van der Waals surface area contributed by atoms with Crippen molar-refractivity contribution in [3.05, 3.63) is 41.9 Å². The maximum atomic E-state index is 12.2. The van der Waals surface area contributed by atoms with Gasteiger partial charge in [0, 0.05) is 12.7 Å². The first-order chi connectivity index (χ1) is 10.3. The van der Waals surface area contributed by atoms with Crippen molar-refractivity contribution in [1.29, 1.82) is 0 Å². The van der Waals surface area contributed by atoms with E-state index in [2.05, 4.69) is 15.3 Å². The van der Waals surface area contributed by atoms with Crippen LogP contribution < -0.4 is 5.32 Å². The first-order valence-corrected chi connectivity index (χ1v) is 8.06. The van der Waals surface area contributed by atoms with Crippen LogP contribution in [0.5, 0.6) is 0 Å². The molecule has 0 bridgehead atoms. The number of carbonyl (C=O) groups is 1. The maximum Gasteiger partial charge on any atom is 0.260 e. The molecule has 8 heteroatoms. The molecule has 1 amide bonds. The fourth-order valence-corrected chi connectivity index (χ4v) is 2.92. The SMILES string of the molecule is Cc1ccc(C)c(NC(=O)CN(C)S(=O)(=O)c2cnc[nH]2)c1. The number of carbonyl (C=O) groups excluding carboxylic acids is 1. The highest BCUT2D eigenvalue weighted by Gasteiger charge is 2.24. The van der Waals surface area contributed by atoms with Gasteiger partial charge >= 0.3 is 0 Å². The van der Waals surface area contributed by atoms with Crippen molar-refractivity contribution < 1.29 is 13.2 Å². The molecule has 0 saturated carbocycles. The molecule has 2 rings (SSSR count). The summed E-state index contributed by atoms with van der Waals surface area (Å²) in [7, 11) is -2.40. The Labute approximate surface area is 129 Å². The van der Waals surface area contributed by atoms with E-state index in [0.29, 0.717) is 5.69 Å². The molecule has 0 spiro atoms. The van der Waals surface area contributed by atoms with E-state index < -0.39 is 15.9 Å². The van der Waals surface area contributed by atoms with Crippen molar-refractivity contribution in [2.45, 2.75) is 18.9 Å². The highest BCUT2D eigenvalue weighted by atomic mass is 32.2. The molecule has 0 aliphatic rings. The number of anilines is 1. The number of aromatic amines is 1. The van der Waals surface area contributed by atoms with Gasteiger partial charge in [-0.2, -0.15) is 4.31 Å². The third-order valence-electron chi connectivity index (χ3n) is 3.19. The van der Waals surface area contributed by atoms with E-state index in [9.17, 15) is 13.2 Å². The van der Waals surface area contributed by atoms with Crippen LogP contribution in [-0.2, 0) is 14.8 Å². The molecular formula is C14H18N4O3S. The van der Waals surface area contributed by atoms with Crippen molar-refractivity contribution in [3.8, 4) is 0 Å². The van der Waals surface area contributed by atoms with E-state index in [1.165, 1.54) is 19.6 Å². The lowest BCUT2D eigenvalue weighted by molar-refractivity contribution is -0.116. The number of nitrogens with zero attached hydrogens (tertiary/aromatic N) is 2. The largest absolute Gasteiger partial charge is 0.335 e. The number of aromatic nitrogens is 2. The van der Waals surface area contributed by atoms with Crippen LogP contribution in [0.4, 0.5) is 5.69 Å². The molecule has 7 nitrogen and oxygen atoms in total. The monoisotopic (exact) mass is 322 g/mol. The number of nitrogens with one attached hydrogen (secondary N) is 2. The second kappa shape index (κ2) is 6.29. The zero-order chi connectivity index (χ0) is 16.3. The number of imidazole rings is 1. The van der Waals surface area contributed by atoms with E-state index in [4.69, 9.17) is 0 Å². The van der Waals surface area contributed by atoms with Gasteiger partial charge < -0.3 is 10.3 Å². The Morgan fingerprint density at radius 2 is 2.09 bits per heavy atom. The standard InChI is InChI=1S/C14H18N4O3S/c1-10-4-5-11(2)12(6-10)17-13(19)8-18(3)22(20,21)14-7-15-9-16-14/h4-7,9H,8H2,1-3H3,(H,15,16)(H,17,19). The summed E-state index contributed by atoms with van der Waals surface area (Å²) in [4.78, 5) is 18.3. The Hall–Kier alpha value is -2.19. The van der Waals surface area contributed by atoms with Crippen molar-refractivity contribution in [2.75, 3.05) is 18.9 Å². The summed E-state index contributed by atoms with van der Waals surface area (Å²) in [5.41, 5.74) is 2.61. The predicted octanol–water partition coefficient (Wildman–Crippen LogP) is 1.29. The van der Waals surface area contributed by atoms with Gasteiger partial charge in [-0.25, -0.2) is 13.4 Å². The first-order valence-electron chi connectivity index (χ1n) is 6.62. The second-order valence-corrected chi connectivity index (χ2v) is 7.06. The number of sulfonamides is 1. The van der Waals surface area contributed by atoms with Crippen molar-refractivity contribution in [1.82, 2.24) is 14.3 Å². The van der Waals surface area contributed by atoms with Gasteiger partial charge in [0.15, 0.2) is 5.03 Å². The molecule has 22 heavy (non-hydrogen) atoms. The molecule has 0 aliphatic carbocycles. The molecule has 2 aromatic rings. The number of rotatable bonds is 5. The molecule has 0 aliphatic heterocycles. The van der Waals surface area contributed by atoms with Gasteiger partial charge in [-0.05, 0) is 31.0 Å². The number of hydrogen-bond acceptors (Lipinski definition) is 4. The molecule has 0 fully saturated rings. The van der Waals surface area contributed by atoms with Crippen LogP contribution >= 0.6 is 0 Å². The lowest BCUT2D eigenvalue weighted by Crippen LogP contribution is -2.35. The minimum absolute atomic E-state index is 0.0467. The second-order valence-electron chi connectivity index (χ2n) is 5.04. The van der Waals surface area contributed by atoms with Crippen molar-refractivity contribution in [3.63, 3.8) is 0 Å². The molecule has 0 unspecified atom stereocenters. The minimum Gasteiger partial charge on any atom is -0.335 e. The molecule has 0 atom stereocenters. The Bertz CT molecular complexity index is 769. The maximum absolute atomic E-state index is 12.2. The summed E-state index contributed by atoms with van der Waals surface area (Å²) in [5.74, 6) is -0.403. The van der Waals surface area contributed by atoms with E-state index >= 15 is 0 Å². The van der Waals surface area contributed by atoms with Crippen LogP contribution in [0.3, 0.4) is 0 Å². The highest BCUT2D eigenvalue weighted by molar-refractivity contribution is 7.89. The summed E-state index contributed by atoms with van der Waals surface area (Å²) >= 11 is 0. The topological polar surface area (TPSA) is 95.2 Å². The molecule has 1 heterocycles. The van der Waals surface area contributed by atoms with Crippen molar-refractivity contribution >= 4 is 21.6 Å². The number of H-pyrrole nitrogens is 1. The highest BCUT2D eigenvalue weighted by Crippen LogP contribution is 2.16. The number of aryl methyl sites for hydroxylation is 2. The van der Waals surface area contributed by atoms with Crippen molar-refractivity contribution in [2.24, 2.45) is 0 Å². The summed E-state index contributed by atoms with van der Waals surface area (Å²) in [6, 6.07) is 5.69. The van der Waals surface area contributed by atoms with Gasteiger partial charge in [-0.1, -0.05) is 12.1 Å². The lowest BCUT2D eigenvalue weighted by atomic mass is 10.1. The Balaban J connectivity index is 2.07. The van der Waals surface area contributed by atoms with Crippen LogP contribution in [0, 0.1) is 13.8 Å². The third-order valence-corrected chi connectivity index (χ3v) is 4.92. The molecule has 1 aromatic heterocycles. The van der Waals surface area contributed by atoms with Gasteiger partial charge in [0.2, 0.25) is 5.91 Å². The molecule has 2 N–H and O–H groups in total. The third kappa shape index (κ3) is 3.52. The van der Waals surface area contributed by atoms with Gasteiger partial charge in [0.25, 0.3) is 10.0 Å². The van der Waals surface area contributed by atoms with Crippen LogP contribution in [0.2, 0.25) is 0 Å². The Morgan fingerprint density at radius 3 is 2.73 bits per heavy atom. The van der Waals surface area contributed by atoms with E-state index in [1.807, 2.05) is 32.0 Å². The van der Waals surface area contributed by atoms with Gasteiger partial charge in [-0.3, -0.25) is 4.79 Å². The number of amides is 1. The normalized spacial score (nSPS) is 11.6. The number of benzene rings is 1. The number of hydrogen-bond donors (Lipinski definition) is 2. The average molecular weight is 322 g/mol. The predicted molar refractivity (Wildman–Crippen MR) is 82.9 cm³/mol. The summed E-state index contributed by atoms with van der Waals surface area (Å²) in [5, 5.41) is 2.68. The molecular weight excluding hydrogens is 304 g/mol. The Kier molecular flexibility index (Phi) is 4.62. The summed E-state index contributed by atoms with van der Waals surface area (Å²) < 4.78 is 25.3. The van der Waals surface area contributed by atoms with Crippen LogP contribution in [0.1, 0.15) is 11.1 Å². The number of likely N-dealkylation sites (N-methyl/N-ethyl adjacent to an activating group) is 1. The average Bonchev–Trinajstić information content (AvgIpc) is 2.97.